The van der Waals surface area contributed by atoms with Crippen molar-refractivity contribution in [2.24, 2.45) is 0 Å². The van der Waals surface area contributed by atoms with Crippen LogP contribution in [0.15, 0.2) is 18.3 Å². The van der Waals surface area contributed by atoms with Crippen LogP contribution in [0.4, 0.5) is 5.82 Å². The van der Waals surface area contributed by atoms with Gasteiger partial charge in [0, 0.05) is 12.8 Å². The number of aliphatic hydroxyl groups excluding tert-OH is 1. The van der Waals surface area contributed by atoms with E-state index in [-0.39, 0.29) is 18.2 Å². The summed E-state index contributed by atoms with van der Waals surface area (Å²) in [6.45, 7) is 0.116. The second kappa shape index (κ2) is 4.47. The molecule has 1 aromatic rings. The summed E-state index contributed by atoms with van der Waals surface area (Å²) >= 11 is 0. The molecule has 0 fully saturated rings. The summed E-state index contributed by atoms with van der Waals surface area (Å²) in [5.41, 5.74) is 6.08. The summed E-state index contributed by atoms with van der Waals surface area (Å²) < 4.78 is 0. The van der Waals surface area contributed by atoms with Crippen molar-refractivity contribution in [2.75, 3.05) is 12.3 Å². The van der Waals surface area contributed by atoms with E-state index in [1.54, 1.807) is 18.3 Å². The van der Waals surface area contributed by atoms with Crippen molar-refractivity contribution < 1.29 is 10.2 Å². The third kappa shape index (κ3) is 2.76. The summed E-state index contributed by atoms with van der Waals surface area (Å²) in [6, 6.07) is 1.52. The summed E-state index contributed by atoms with van der Waals surface area (Å²) in [6.07, 6.45) is 5.71. The highest BCUT2D eigenvalue weighted by Gasteiger charge is 1.96. The van der Waals surface area contributed by atoms with Crippen molar-refractivity contribution in [3.63, 3.8) is 0 Å². The molecule has 0 radical (unpaired) electrons. The summed E-state index contributed by atoms with van der Waals surface area (Å²) in [5.74, 6) is 0.102. The number of hydrogen-bond acceptors (Lipinski definition) is 4. The minimum absolute atomic E-state index is 0.0221. The van der Waals surface area contributed by atoms with Crippen LogP contribution in [0.5, 0.6) is 5.75 Å². The molecule has 4 N–H and O–H groups in total. The van der Waals surface area contributed by atoms with Crippen molar-refractivity contribution in [3.8, 4) is 5.75 Å². The molecule has 0 aliphatic carbocycles. The van der Waals surface area contributed by atoms with Crippen LogP contribution < -0.4 is 5.73 Å². The quantitative estimate of drug-likeness (QED) is 0.641. The number of hydrogen-bond donors (Lipinski definition) is 3. The molecule has 0 spiro atoms. The van der Waals surface area contributed by atoms with Gasteiger partial charge >= 0.3 is 0 Å². The van der Waals surface area contributed by atoms with Gasteiger partial charge in [-0.25, -0.2) is 4.98 Å². The number of rotatable bonds is 3. The van der Waals surface area contributed by atoms with Crippen molar-refractivity contribution >= 4 is 11.9 Å². The number of nitrogen functional groups attached to an aromatic ring is 1. The highest BCUT2D eigenvalue weighted by Crippen LogP contribution is 2.18. The SMILES string of the molecule is Nc1ncc(C=CCCO)cc1O. The molecule has 0 unspecified atom stereocenters. The molecule has 0 aromatic carbocycles. The van der Waals surface area contributed by atoms with E-state index in [4.69, 9.17) is 10.8 Å². The minimum Gasteiger partial charge on any atom is -0.504 e. The number of nitrogens with zero attached hydrogens (tertiary/aromatic N) is 1. The van der Waals surface area contributed by atoms with Gasteiger partial charge in [0.2, 0.25) is 0 Å². The molecule has 4 nitrogen and oxygen atoms in total. The lowest BCUT2D eigenvalue weighted by Crippen LogP contribution is -1.90. The van der Waals surface area contributed by atoms with Crippen LogP contribution in [0.3, 0.4) is 0 Å². The number of aromatic hydroxyl groups is 1. The van der Waals surface area contributed by atoms with Crippen LogP contribution in [-0.2, 0) is 0 Å². The van der Waals surface area contributed by atoms with Crippen molar-refractivity contribution in [1.29, 1.82) is 0 Å². The first-order valence-electron chi connectivity index (χ1n) is 3.96. The normalized spacial score (nSPS) is 10.8. The zero-order chi connectivity index (χ0) is 9.68. The third-order valence-corrected chi connectivity index (χ3v) is 1.52. The van der Waals surface area contributed by atoms with Gasteiger partial charge in [-0.15, -0.1) is 0 Å². The number of anilines is 1. The Morgan fingerprint density at radius 1 is 1.54 bits per heavy atom. The Morgan fingerprint density at radius 3 is 2.92 bits per heavy atom. The van der Waals surface area contributed by atoms with Crippen LogP contribution in [0.2, 0.25) is 0 Å². The van der Waals surface area contributed by atoms with Crippen LogP contribution in [0, 0.1) is 0 Å². The number of aromatic nitrogens is 1. The van der Waals surface area contributed by atoms with Gasteiger partial charge < -0.3 is 15.9 Å². The Balaban J connectivity index is 2.73. The molecular weight excluding hydrogens is 168 g/mol. The Morgan fingerprint density at radius 2 is 2.31 bits per heavy atom. The molecule has 1 rings (SSSR count). The highest BCUT2D eigenvalue weighted by atomic mass is 16.3. The zero-order valence-corrected chi connectivity index (χ0v) is 7.14. The molecule has 0 amide bonds. The maximum atomic E-state index is 9.19. The monoisotopic (exact) mass is 180 g/mol. The van der Waals surface area contributed by atoms with Crippen LogP contribution in [-0.4, -0.2) is 21.8 Å². The first-order chi connectivity index (χ1) is 6.24. The van der Waals surface area contributed by atoms with Crippen LogP contribution in [0.1, 0.15) is 12.0 Å². The summed E-state index contributed by atoms with van der Waals surface area (Å²) in [4.78, 5) is 3.77. The van der Waals surface area contributed by atoms with Crippen molar-refractivity contribution in [3.05, 3.63) is 23.9 Å². The van der Waals surface area contributed by atoms with Crippen LogP contribution in [0.25, 0.3) is 6.08 Å². The van der Waals surface area contributed by atoms with E-state index in [2.05, 4.69) is 4.98 Å². The lowest BCUT2D eigenvalue weighted by molar-refractivity contribution is 0.303. The van der Waals surface area contributed by atoms with E-state index >= 15 is 0 Å². The lowest BCUT2D eigenvalue weighted by atomic mass is 10.2. The van der Waals surface area contributed by atoms with E-state index < -0.39 is 0 Å². The van der Waals surface area contributed by atoms with Gasteiger partial charge in [0.25, 0.3) is 0 Å². The number of pyridine rings is 1. The molecule has 0 bridgehead atoms. The van der Waals surface area contributed by atoms with E-state index in [1.165, 1.54) is 6.07 Å². The summed E-state index contributed by atoms with van der Waals surface area (Å²) in [7, 11) is 0. The Hall–Kier alpha value is -1.55. The molecule has 0 aliphatic rings. The van der Waals surface area contributed by atoms with Gasteiger partial charge in [-0.1, -0.05) is 12.2 Å². The molecule has 0 aliphatic heterocycles. The fourth-order valence-electron chi connectivity index (χ4n) is 0.864. The topological polar surface area (TPSA) is 79.4 Å². The summed E-state index contributed by atoms with van der Waals surface area (Å²) in [5, 5.41) is 17.7. The van der Waals surface area contributed by atoms with E-state index in [0.717, 1.165) is 5.56 Å². The molecule has 1 aromatic heterocycles. The van der Waals surface area contributed by atoms with Gasteiger partial charge in [-0.2, -0.15) is 0 Å². The van der Waals surface area contributed by atoms with E-state index in [1.807, 2.05) is 0 Å². The largest absolute Gasteiger partial charge is 0.504 e. The molecule has 0 saturated heterocycles. The van der Waals surface area contributed by atoms with Gasteiger partial charge in [0.15, 0.2) is 11.6 Å². The molecule has 4 heteroatoms. The van der Waals surface area contributed by atoms with Gasteiger partial charge in [0.05, 0.1) is 0 Å². The maximum absolute atomic E-state index is 9.19. The maximum Gasteiger partial charge on any atom is 0.165 e. The highest BCUT2D eigenvalue weighted by molar-refractivity contribution is 5.55. The molecule has 1 heterocycles. The predicted octanol–water partition coefficient (Wildman–Crippen LogP) is 0.765. The van der Waals surface area contributed by atoms with Gasteiger partial charge in [-0.3, -0.25) is 0 Å². The lowest BCUT2D eigenvalue weighted by Gasteiger charge is -1.97. The third-order valence-electron chi connectivity index (χ3n) is 1.52. The second-order valence-electron chi connectivity index (χ2n) is 2.59. The second-order valence-corrected chi connectivity index (χ2v) is 2.59. The van der Waals surface area contributed by atoms with E-state index in [9.17, 15) is 5.11 Å². The average molecular weight is 180 g/mol. The standard InChI is InChI=1S/C9H12N2O2/c10-9-8(13)5-7(6-11-9)3-1-2-4-12/h1,3,5-6,12-13H,2,4H2,(H2,10,11). The Kier molecular flexibility index (Phi) is 3.28. The van der Waals surface area contributed by atoms with Gasteiger partial charge in [-0.05, 0) is 18.1 Å². The molecule has 0 saturated carbocycles. The minimum atomic E-state index is -0.0221. The Labute approximate surface area is 76.3 Å². The first kappa shape index (κ1) is 9.54. The van der Waals surface area contributed by atoms with Gasteiger partial charge in [0.1, 0.15) is 0 Å². The fraction of sp³-hybridized carbons (Fsp3) is 0.222. The van der Waals surface area contributed by atoms with Crippen molar-refractivity contribution in [1.82, 2.24) is 4.98 Å². The molecule has 70 valence electrons. The molecule has 13 heavy (non-hydrogen) atoms. The number of aliphatic hydroxyl groups is 1. The smallest absolute Gasteiger partial charge is 0.165 e. The van der Waals surface area contributed by atoms with Crippen LogP contribution >= 0.6 is 0 Å². The molecule has 0 atom stereocenters. The zero-order valence-electron chi connectivity index (χ0n) is 7.14. The van der Waals surface area contributed by atoms with Crippen molar-refractivity contribution in [2.45, 2.75) is 6.42 Å². The Bertz CT molecular complexity index is 310. The predicted molar refractivity (Wildman–Crippen MR) is 51.1 cm³/mol. The number of nitrogens with two attached hydrogens (primary N) is 1. The first-order valence-corrected chi connectivity index (χ1v) is 3.96. The van der Waals surface area contributed by atoms with E-state index in [0.29, 0.717) is 6.42 Å². The average Bonchev–Trinajstić information content (AvgIpc) is 2.12. The molecular formula is C9H12N2O2. The fourth-order valence-corrected chi connectivity index (χ4v) is 0.864.